The van der Waals surface area contributed by atoms with Gasteiger partial charge < -0.3 is 9.84 Å². The van der Waals surface area contributed by atoms with E-state index in [2.05, 4.69) is 0 Å². The molecule has 21 heavy (non-hydrogen) atoms. The molecule has 116 valence electrons. The van der Waals surface area contributed by atoms with Crippen LogP contribution in [0.5, 0.6) is 5.75 Å². The van der Waals surface area contributed by atoms with Crippen LogP contribution in [0.1, 0.15) is 38.7 Å². The topological polar surface area (TPSA) is 89.7 Å². The summed E-state index contributed by atoms with van der Waals surface area (Å²) in [4.78, 5) is 21.1. The van der Waals surface area contributed by atoms with Crippen molar-refractivity contribution in [1.29, 1.82) is 0 Å². The van der Waals surface area contributed by atoms with E-state index in [-0.39, 0.29) is 5.69 Å². The first-order valence-electron chi connectivity index (χ1n) is 6.85. The molecule has 0 aromatic heterocycles. The lowest BCUT2D eigenvalue weighted by Gasteiger charge is -2.18. The highest BCUT2D eigenvalue weighted by Gasteiger charge is 2.25. The van der Waals surface area contributed by atoms with Crippen molar-refractivity contribution in [3.8, 4) is 5.75 Å². The number of nitro groups is 1. The maximum atomic E-state index is 11.0. The number of ether oxygens (including phenoxy) is 1. The highest BCUT2D eigenvalue weighted by molar-refractivity contribution is 5.73. The number of hydrogen-bond donors (Lipinski definition) is 1. The van der Waals surface area contributed by atoms with Crippen LogP contribution in [0.4, 0.5) is 5.69 Å². The largest absolute Gasteiger partial charge is 0.493 e. The number of carbonyl (C=O) groups is 1. The highest BCUT2D eigenvalue weighted by atomic mass is 16.6. The first kappa shape index (κ1) is 16.9. The molecule has 0 unspecified atom stereocenters. The summed E-state index contributed by atoms with van der Waals surface area (Å²) in [6.45, 7) is 5.64. The molecule has 0 aliphatic rings. The number of benzene rings is 1. The van der Waals surface area contributed by atoms with Crippen LogP contribution in [0.3, 0.4) is 0 Å². The number of aliphatic carboxylic acids is 1. The first-order chi connectivity index (χ1) is 9.74. The van der Waals surface area contributed by atoms with Crippen molar-refractivity contribution in [2.75, 3.05) is 6.61 Å². The van der Waals surface area contributed by atoms with Gasteiger partial charge in [-0.2, -0.15) is 0 Å². The number of unbranched alkanes of at least 4 members (excludes halogenated alkanes) is 1. The maximum absolute atomic E-state index is 11.0. The Hall–Kier alpha value is -2.11. The van der Waals surface area contributed by atoms with Crippen molar-refractivity contribution in [3.63, 3.8) is 0 Å². The molecule has 0 aliphatic heterocycles. The van der Waals surface area contributed by atoms with Gasteiger partial charge in [-0.15, -0.1) is 0 Å². The molecular formula is C15H21NO5. The van der Waals surface area contributed by atoms with Gasteiger partial charge in [0.05, 0.1) is 16.9 Å². The van der Waals surface area contributed by atoms with E-state index >= 15 is 0 Å². The Labute approximate surface area is 123 Å². The molecule has 6 nitrogen and oxygen atoms in total. The molecule has 0 saturated heterocycles. The smallest absolute Gasteiger partial charge is 0.309 e. The van der Waals surface area contributed by atoms with Gasteiger partial charge in [0, 0.05) is 12.1 Å². The number of carboxylic acids is 1. The first-order valence-corrected chi connectivity index (χ1v) is 6.85. The lowest BCUT2D eigenvalue weighted by atomic mass is 9.87. The predicted octanol–water partition coefficient (Wildman–Crippen LogP) is 3.56. The zero-order valence-corrected chi connectivity index (χ0v) is 12.6. The van der Waals surface area contributed by atoms with E-state index in [1.165, 1.54) is 12.1 Å². The van der Waals surface area contributed by atoms with Gasteiger partial charge in [0.2, 0.25) is 0 Å². The summed E-state index contributed by atoms with van der Waals surface area (Å²) in [5, 5.41) is 19.6. The van der Waals surface area contributed by atoms with Gasteiger partial charge in [0.25, 0.3) is 5.69 Å². The molecule has 0 amide bonds. The third-order valence-electron chi connectivity index (χ3n) is 3.40. The molecule has 0 radical (unpaired) electrons. The summed E-state index contributed by atoms with van der Waals surface area (Å²) in [6.07, 6.45) is 2.09. The average molecular weight is 295 g/mol. The van der Waals surface area contributed by atoms with E-state index in [9.17, 15) is 14.9 Å². The zero-order chi connectivity index (χ0) is 16.0. The molecule has 1 aromatic carbocycles. The Kier molecular flexibility index (Phi) is 5.69. The zero-order valence-electron chi connectivity index (χ0n) is 12.6. The van der Waals surface area contributed by atoms with E-state index < -0.39 is 16.3 Å². The molecule has 0 bridgehead atoms. The number of carboxylic acid groups (broad SMARTS) is 1. The fourth-order valence-corrected chi connectivity index (χ4v) is 1.87. The summed E-state index contributed by atoms with van der Waals surface area (Å²) in [5.74, 6) is -0.173. The Balaban J connectivity index is 2.40. The van der Waals surface area contributed by atoms with Crippen molar-refractivity contribution >= 4 is 11.7 Å². The minimum atomic E-state index is -0.797. The molecule has 0 aliphatic carbocycles. The standard InChI is InChI=1S/C15H21NO5/c1-11-10-12(16(19)20)6-7-13(11)21-9-5-4-8-15(2,3)14(17)18/h6-7,10H,4-5,8-9H2,1-3H3,(H,17,18). The fraction of sp³-hybridized carbons (Fsp3) is 0.533. The molecule has 0 fully saturated rings. The third kappa shape index (κ3) is 5.06. The second kappa shape index (κ2) is 7.06. The van der Waals surface area contributed by atoms with Gasteiger partial charge in [-0.1, -0.05) is 0 Å². The number of non-ortho nitro benzene ring substituents is 1. The van der Waals surface area contributed by atoms with Gasteiger partial charge in [0.1, 0.15) is 5.75 Å². The maximum Gasteiger partial charge on any atom is 0.309 e. The minimum absolute atomic E-state index is 0.0445. The van der Waals surface area contributed by atoms with Crippen molar-refractivity contribution < 1.29 is 19.6 Å². The summed E-state index contributed by atoms with van der Waals surface area (Å²) in [5.41, 5.74) is 0.0432. The summed E-state index contributed by atoms with van der Waals surface area (Å²) >= 11 is 0. The number of nitrogens with zero attached hydrogens (tertiary/aromatic N) is 1. The number of rotatable bonds is 8. The number of aryl methyl sites for hydroxylation is 1. The molecule has 0 atom stereocenters. The Morgan fingerprint density at radius 2 is 2.05 bits per heavy atom. The molecule has 0 spiro atoms. The summed E-state index contributed by atoms with van der Waals surface area (Å²) in [6, 6.07) is 4.48. The van der Waals surface area contributed by atoms with Gasteiger partial charge in [-0.05, 0) is 51.7 Å². The van der Waals surface area contributed by atoms with Gasteiger partial charge in [0.15, 0.2) is 0 Å². The highest BCUT2D eigenvalue weighted by Crippen LogP contribution is 2.25. The van der Waals surface area contributed by atoms with E-state index in [0.717, 1.165) is 18.4 Å². The summed E-state index contributed by atoms with van der Waals surface area (Å²) in [7, 11) is 0. The van der Waals surface area contributed by atoms with Crippen LogP contribution in [-0.4, -0.2) is 22.6 Å². The molecule has 1 rings (SSSR count). The van der Waals surface area contributed by atoms with Gasteiger partial charge in [-0.25, -0.2) is 0 Å². The Morgan fingerprint density at radius 1 is 1.38 bits per heavy atom. The normalized spacial score (nSPS) is 11.2. The van der Waals surface area contributed by atoms with Crippen molar-refractivity contribution in [2.45, 2.75) is 40.0 Å². The van der Waals surface area contributed by atoms with Crippen LogP contribution in [-0.2, 0) is 4.79 Å². The van der Waals surface area contributed by atoms with Gasteiger partial charge >= 0.3 is 5.97 Å². The van der Waals surface area contributed by atoms with Crippen LogP contribution >= 0.6 is 0 Å². The van der Waals surface area contributed by atoms with Crippen molar-refractivity contribution in [2.24, 2.45) is 5.41 Å². The van der Waals surface area contributed by atoms with Crippen LogP contribution in [0, 0.1) is 22.5 Å². The molecule has 6 heteroatoms. The minimum Gasteiger partial charge on any atom is -0.493 e. The quantitative estimate of drug-likeness (QED) is 0.450. The van der Waals surface area contributed by atoms with E-state index in [0.29, 0.717) is 18.8 Å². The Morgan fingerprint density at radius 3 is 2.57 bits per heavy atom. The number of hydrogen-bond acceptors (Lipinski definition) is 4. The van der Waals surface area contributed by atoms with E-state index in [4.69, 9.17) is 9.84 Å². The van der Waals surface area contributed by atoms with Gasteiger partial charge in [-0.3, -0.25) is 14.9 Å². The fourth-order valence-electron chi connectivity index (χ4n) is 1.87. The molecule has 0 heterocycles. The summed E-state index contributed by atoms with van der Waals surface area (Å²) < 4.78 is 5.58. The third-order valence-corrected chi connectivity index (χ3v) is 3.40. The van der Waals surface area contributed by atoms with Crippen LogP contribution < -0.4 is 4.74 Å². The number of nitro benzene ring substituents is 1. The SMILES string of the molecule is Cc1cc([N+](=O)[O-])ccc1OCCCCC(C)(C)C(=O)O. The molecule has 1 N–H and O–H groups in total. The lowest BCUT2D eigenvalue weighted by Crippen LogP contribution is -2.23. The van der Waals surface area contributed by atoms with Crippen molar-refractivity contribution in [1.82, 2.24) is 0 Å². The van der Waals surface area contributed by atoms with E-state index in [1.54, 1.807) is 26.8 Å². The monoisotopic (exact) mass is 295 g/mol. The lowest BCUT2D eigenvalue weighted by molar-refractivity contribution is -0.384. The average Bonchev–Trinajstić information content (AvgIpc) is 2.39. The molecule has 1 aromatic rings. The second-order valence-electron chi connectivity index (χ2n) is 5.70. The van der Waals surface area contributed by atoms with E-state index in [1.807, 2.05) is 0 Å². The van der Waals surface area contributed by atoms with Crippen LogP contribution in [0.25, 0.3) is 0 Å². The molecule has 0 saturated carbocycles. The van der Waals surface area contributed by atoms with Crippen molar-refractivity contribution in [3.05, 3.63) is 33.9 Å². The Bertz CT molecular complexity index is 525. The van der Waals surface area contributed by atoms with Crippen LogP contribution in [0.2, 0.25) is 0 Å². The predicted molar refractivity (Wildman–Crippen MR) is 78.6 cm³/mol. The molecular weight excluding hydrogens is 274 g/mol. The van der Waals surface area contributed by atoms with Crippen LogP contribution in [0.15, 0.2) is 18.2 Å². The second-order valence-corrected chi connectivity index (χ2v) is 5.70.